The molecular weight excluding hydrogens is 181 g/mol. The van der Waals surface area contributed by atoms with Crippen LogP contribution in [0.4, 0.5) is 4.39 Å². The fraction of sp³-hybridized carbons (Fsp3) is 0.455. The second-order valence-corrected chi connectivity index (χ2v) is 4.02. The quantitative estimate of drug-likeness (QED) is 0.776. The molecule has 1 aromatic carbocycles. The molecule has 1 aliphatic carbocycles. The van der Waals surface area contributed by atoms with Gasteiger partial charge in [-0.3, -0.25) is 0 Å². The van der Waals surface area contributed by atoms with Crippen molar-refractivity contribution < 1.29 is 9.50 Å². The molecule has 1 saturated carbocycles. The van der Waals surface area contributed by atoms with Gasteiger partial charge >= 0.3 is 0 Å². The molecule has 0 radical (unpaired) electrons. The Morgan fingerprint density at radius 2 is 2.21 bits per heavy atom. The van der Waals surface area contributed by atoms with Crippen molar-refractivity contribution in [3.8, 4) is 5.75 Å². The van der Waals surface area contributed by atoms with E-state index in [1.165, 1.54) is 12.1 Å². The van der Waals surface area contributed by atoms with Gasteiger partial charge in [-0.15, -0.1) is 0 Å². The summed E-state index contributed by atoms with van der Waals surface area (Å²) in [5.74, 6) is 0.109. The number of hydrogen-bond acceptors (Lipinski definition) is 2. The van der Waals surface area contributed by atoms with Gasteiger partial charge in [0.15, 0.2) is 0 Å². The molecule has 1 atom stereocenters. The molecule has 0 saturated heterocycles. The largest absolute Gasteiger partial charge is 0.508 e. The van der Waals surface area contributed by atoms with E-state index in [0.717, 1.165) is 12.8 Å². The zero-order chi connectivity index (χ0) is 10.2. The van der Waals surface area contributed by atoms with Gasteiger partial charge in [-0.25, -0.2) is 4.39 Å². The van der Waals surface area contributed by atoms with Crippen molar-refractivity contribution in [2.75, 3.05) is 6.54 Å². The number of benzene rings is 1. The Labute approximate surface area is 82.5 Å². The first-order chi connectivity index (χ1) is 6.68. The first-order valence-corrected chi connectivity index (χ1v) is 4.81. The molecule has 0 aliphatic heterocycles. The third kappa shape index (κ3) is 1.48. The summed E-state index contributed by atoms with van der Waals surface area (Å²) in [6.07, 6.45) is 0.653. The lowest BCUT2D eigenvalue weighted by atomic mass is 9.94. The standard InChI is InChI=1S/C11H14FNO/c12-10(11(7-13)4-5-11)8-2-1-3-9(14)6-8/h1-3,6,10,14H,4-5,7,13H2. The Morgan fingerprint density at radius 3 is 2.71 bits per heavy atom. The maximum absolute atomic E-state index is 14.0. The van der Waals surface area contributed by atoms with Crippen LogP contribution in [-0.2, 0) is 0 Å². The summed E-state index contributed by atoms with van der Waals surface area (Å²) in [5, 5.41) is 9.22. The Balaban J connectivity index is 2.23. The van der Waals surface area contributed by atoms with E-state index in [2.05, 4.69) is 0 Å². The van der Waals surface area contributed by atoms with E-state index in [9.17, 15) is 9.50 Å². The average molecular weight is 195 g/mol. The first kappa shape index (κ1) is 9.46. The molecule has 2 rings (SSSR count). The maximum atomic E-state index is 14.0. The van der Waals surface area contributed by atoms with Crippen molar-refractivity contribution in [2.24, 2.45) is 11.1 Å². The highest BCUT2D eigenvalue weighted by Crippen LogP contribution is 2.56. The number of alkyl halides is 1. The number of nitrogens with two attached hydrogens (primary N) is 1. The van der Waals surface area contributed by atoms with Gasteiger partial charge in [0.2, 0.25) is 0 Å². The van der Waals surface area contributed by atoms with Crippen LogP contribution >= 0.6 is 0 Å². The molecule has 1 aliphatic rings. The van der Waals surface area contributed by atoms with Crippen LogP contribution in [0.15, 0.2) is 24.3 Å². The second-order valence-electron chi connectivity index (χ2n) is 4.02. The minimum Gasteiger partial charge on any atom is -0.508 e. The number of aromatic hydroxyl groups is 1. The molecule has 1 fully saturated rings. The molecule has 0 spiro atoms. The molecule has 0 amide bonds. The smallest absolute Gasteiger partial charge is 0.132 e. The van der Waals surface area contributed by atoms with E-state index >= 15 is 0 Å². The van der Waals surface area contributed by atoms with E-state index in [0.29, 0.717) is 12.1 Å². The van der Waals surface area contributed by atoms with Crippen molar-refractivity contribution in [1.82, 2.24) is 0 Å². The Kier molecular flexibility index (Phi) is 2.19. The molecule has 76 valence electrons. The van der Waals surface area contributed by atoms with E-state index in [1.807, 2.05) is 0 Å². The van der Waals surface area contributed by atoms with Gasteiger partial charge in [-0.05, 0) is 30.5 Å². The normalized spacial score (nSPS) is 20.4. The van der Waals surface area contributed by atoms with Crippen LogP contribution < -0.4 is 5.73 Å². The number of hydrogen-bond donors (Lipinski definition) is 2. The van der Waals surface area contributed by atoms with Crippen LogP contribution in [0.1, 0.15) is 24.6 Å². The van der Waals surface area contributed by atoms with Crippen LogP contribution in [0.2, 0.25) is 0 Å². The summed E-state index contributed by atoms with van der Waals surface area (Å²) in [6.45, 7) is 0.379. The minimum atomic E-state index is -1.04. The lowest BCUT2D eigenvalue weighted by Gasteiger charge is -2.18. The van der Waals surface area contributed by atoms with Gasteiger partial charge in [0.1, 0.15) is 11.9 Å². The molecule has 1 aromatic rings. The van der Waals surface area contributed by atoms with Crippen LogP contribution in [0.5, 0.6) is 5.75 Å². The molecule has 0 heterocycles. The lowest BCUT2D eigenvalue weighted by Crippen LogP contribution is -2.20. The van der Waals surface area contributed by atoms with Crippen molar-refractivity contribution in [1.29, 1.82) is 0 Å². The van der Waals surface area contributed by atoms with Crippen molar-refractivity contribution in [2.45, 2.75) is 19.0 Å². The monoisotopic (exact) mass is 195 g/mol. The lowest BCUT2D eigenvalue weighted by molar-refractivity contribution is 0.216. The van der Waals surface area contributed by atoms with Crippen LogP contribution in [0.3, 0.4) is 0 Å². The number of phenols is 1. The van der Waals surface area contributed by atoms with Gasteiger partial charge in [-0.1, -0.05) is 12.1 Å². The Morgan fingerprint density at radius 1 is 1.50 bits per heavy atom. The molecule has 14 heavy (non-hydrogen) atoms. The fourth-order valence-electron chi connectivity index (χ4n) is 1.76. The van der Waals surface area contributed by atoms with Crippen molar-refractivity contribution >= 4 is 0 Å². The Bertz CT molecular complexity index is 336. The van der Waals surface area contributed by atoms with Crippen LogP contribution in [0.25, 0.3) is 0 Å². The van der Waals surface area contributed by atoms with Gasteiger partial charge in [0, 0.05) is 12.0 Å². The summed E-state index contributed by atoms with van der Waals surface area (Å²) in [4.78, 5) is 0. The molecule has 0 bridgehead atoms. The van der Waals surface area contributed by atoms with E-state index in [-0.39, 0.29) is 11.2 Å². The highest BCUT2D eigenvalue weighted by Gasteiger charge is 2.49. The molecule has 1 unspecified atom stereocenters. The highest BCUT2D eigenvalue weighted by molar-refractivity contribution is 5.30. The predicted molar refractivity (Wildman–Crippen MR) is 52.7 cm³/mol. The number of rotatable bonds is 3. The van der Waals surface area contributed by atoms with Gasteiger partial charge in [-0.2, -0.15) is 0 Å². The summed E-state index contributed by atoms with van der Waals surface area (Å²) in [6, 6.07) is 6.36. The second kappa shape index (κ2) is 3.24. The molecular formula is C11H14FNO. The minimum absolute atomic E-state index is 0.109. The van der Waals surface area contributed by atoms with Gasteiger partial charge in [0.25, 0.3) is 0 Å². The first-order valence-electron chi connectivity index (χ1n) is 4.81. The predicted octanol–water partition coefficient (Wildman–Crippen LogP) is 2.14. The summed E-state index contributed by atoms with van der Waals surface area (Å²) < 4.78 is 14.0. The summed E-state index contributed by atoms with van der Waals surface area (Å²) >= 11 is 0. The van der Waals surface area contributed by atoms with Crippen LogP contribution in [-0.4, -0.2) is 11.7 Å². The third-order valence-corrected chi connectivity index (χ3v) is 3.00. The highest BCUT2D eigenvalue weighted by atomic mass is 19.1. The molecule has 0 aromatic heterocycles. The topological polar surface area (TPSA) is 46.2 Å². The third-order valence-electron chi connectivity index (χ3n) is 3.00. The summed E-state index contributed by atoms with van der Waals surface area (Å²) in [5.41, 5.74) is 5.72. The zero-order valence-corrected chi connectivity index (χ0v) is 7.91. The van der Waals surface area contributed by atoms with E-state index in [1.54, 1.807) is 12.1 Å². The molecule has 3 N–H and O–H groups in total. The van der Waals surface area contributed by atoms with Crippen molar-refractivity contribution in [3.05, 3.63) is 29.8 Å². The van der Waals surface area contributed by atoms with Gasteiger partial charge in [0.05, 0.1) is 0 Å². The number of phenolic OH excluding ortho intramolecular Hbond substituents is 1. The average Bonchev–Trinajstić information content (AvgIpc) is 2.97. The Hall–Kier alpha value is -1.09. The molecule has 2 nitrogen and oxygen atoms in total. The van der Waals surface area contributed by atoms with E-state index < -0.39 is 6.17 Å². The SMILES string of the molecule is NCC1(C(F)c2cccc(O)c2)CC1. The van der Waals surface area contributed by atoms with Crippen LogP contribution in [0, 0.1) is 5.41 Å². The number of halogens is 1. The maximum Gasteiger partial charge on any atom is 0.132 e. The molecule has 3 heteroatoms. The van der Waals surface area contributed by atoms with E-state index in [4.69, 9.17) is 5.73 Å². The zero-order valence-electron chi connectivity index (χ0n) is 7.91. The van der Waals surface area contributed by atoms with Gasteiger partial charge < -0.3 is 10.8 Å². The fourth-order valence-corrected chi connectivity index (χ4v) is 1.76. The van der Waals surface area contributed by atoms with Crippen molar-refractivity contribution in [3.63, 3.8) is 0 Å². The summed E-state index contributed by atoms with van der Waals surface area (Å²) in [7, 11) is 0.